The molecule has 0 saturated carbocycles. The third-order valence-electron chi connectivity index (χ3n) is 8.38. The Hall–Kier alpha value is -3.30. The number of aliphatic hydroxyl groups excluding tert-OH is 2. The molecular weight excluding hydrogens is 750 g/mol. The molecule has 2 aromatic carbocycles. The standard InChI is InChI=1S/C40H61NO16/c42-9-10-47-11-12-48-13-14-49-15-16-50-17-18-51-19-20-52-21-22-53-23-24-54-25-26-55-27-28-56-31-38(43)37(29-39(44)45)41-40(46)57-30-36-34-7-3-1-5-32(34)33-6-2-4-8-35(33)36/h1-8,36-38,42-43H,9-31H2,(H,41,46)(H,44,45). The van der Waals surface area contributed by atoms with E-state index in [0.29, 0.717) is 112 Å². The number of aliphatic carboxylic acids is 1. The second-order valence-corrected chi connectivity index (χ2v) is 12.6. The largest absolute Gasteiger partial charge is 0.481 e. The Bertz CT molecular complexity index is 1290. The summed E-state index contributed by atoms with van der Waals surface area (Å²) >= 11 is 0. The number of alkyl carbamates (subject to hydrolysis) is 1. The Morgan fingerprint density at radius 2 is 0.895 bits per heavy atom. The van der Waals surface area contributed by atoms with Crippen LogP contribution in [0.3, 0.4) is 0 Å². The number of carbonyl (C=O) groups is 2. The number of ether oxygens (including phenoxy) is 11. The minimum absolute atomic E-state index is 0.00946. The van der Waals surface area contributed by atoms with Gasteiger partial charge in [-0.1, -0.05) is 48.5 Å². The van der Waals surface area contributed by atoms with Gasteiger partial charge in [0, 0.05) is 5.92 Å². The fourth-order valence-electron chi connectivity index (χ4n) is 5.63. The van der Waals surface area contributed by atoms with Crippen LogP contribution in [-0.4, -0.2) is 185 Å². The normalized spacial score (nSPS) is 13.3. The van der Waals surface area contributed by atoms with Crippen molar-refractivity contribution in [2.24, 2.45) is 0 Å². The van der Waals surface area contributed by atoms with Gasteiger partial charge in [0.25, 0.3) is 0 Å². The molecule has 4 N–H and O–H groups in total. The van der Waals surface area contributed by atoms with Crippen molar-refractivity contribution in [3.05, 3.63) is 59.7 Å². The van der Waals surface area contributed by atoms with Crippen molar-refractivity contribution in [2.45, 2.75) is 24.5 Å². The molecule has 17 nitrogen and oxygen atoms in total. The molecular formula is C40H61NO16. The van der Waals surface area contributed by atoms with Gasteiger partial charge in [-0.25, -0.2) is 4.79 Å². The first kappa shape index (κ1) is 48.1. The summed E-state index contributed by atoms with van der Waals surface area (Å²) < 4.78 is 59.6. The number of benzene rings is 2. The lowest BCUT2D eigenvalue weighted by Gasteiger charge is -2.23. The summed E-state index contributed by atoms with van der Waals surface area (Å²) in [4.78, 5) is 24.1. The van der Waals surface area contributed by atoms with Gasteiger partial charge in [0.15, 0.2) is 0 Å². The van der Waals surface area contributed by atoms with Crippen molar-refractivity contribution < 1.29 is 77.0 Å². The predicted octanol–water partition coefficient (Wildman–Crippen LogP) is 1.89. The van der Waals surface area contributed by atoms with E-state index < -0.39 is 30.6 Å². The average molecular weight is 812 g/mol. The van der Waals surface area contributed by atoms with E-state index in [4.69, 9.17) is 57.2 Å². The van der Waals surface area contributed by atoms with Crippen molar-refractivity contribution in [1.29, 1.82) is 0 Å². The summed E-state index contributed by atoms with van der Waals surface area (Å²) in [6, 6.07) is 14.8. The lowest BCUT2D eigenvalue weighted by molar-refractivity contribution is -0.138. The Kier molecular flexibility index (Phi) is 26.7. The topological polar surface area (TPSA) is 208 Å². The van der Waals surface area contributed by atoms with Crippen molar-refractivity contribution in [1.82, 2.24) is 5.32 Å². The summed E-state index contributed by atoms with van der Waals surface area (Å²) in [7, 11) is 0. The van der Waals surface area contributed by atoms with E-state index in [2.05, 4.69) is 5.32 Å². The van der Waals surface area contributed by atoms with E-state index in [0.717, 1.165) is 22.3 Å². The molecule has 2 aromatic rings. The van der Waals surface area contributed by atoms with E-state index in [9.17, 15) is 19.8 Å². The lowest BCUT2D eigenvalue weighted by atomic mass is 9.98. The van der Waals surface area contributed by atoms with Crippen LogP contribution in [0.4, 0.5) is 4.79 Å². The SMILES string of the molecule is O=C(O)CC(NC(=O)OCC1c2ccccc2-c2ccccc21)C(O)COCCOCCOCCOCCOCCOCCOCCOCCOCCOCCO. The van der Waals surface area contributed by atoms with Gasteiger partial charge < -0.3 is 72.7 Å². The second kappa shape index (κ2) is 31.7. The maximum atomic E-state index is 12.7. The Balaban J connectivity index is 1.07. The summed E-state index contributed by atoms with van der Waals surface area (Å²) in [6.07, 6.45) is -2.60. The number of carbonyl (C=O) groups excluding carboxylic acids is 1. The monoisotopic (exact) mass is 811 g/mol. The summed E-state index contributed by atoms with van der Waals surface area (Å²) in [5, 5.41) is 31.0. The fourth-order valence-corrected chi connectivity index (χ4v) is 5.63. The van der Waals surface area contributed by atoms with Crippen LogP contribution in [0.2, 0.25) is 0 Å². The van der Waals surface area contributed by atoms with Crippen molar-refractivity contribution in [2.75, 3.05) is 145 Å². The summed E-state index contributed by atoms with van der Waals surface area (Å²) in [6.45, 7) is 7.64. The number of hydrogen-bond acceptors (Lipinski definition) is 15. The van der Waals surface area contributed by atoms with Gasteiger partial charge in [-0.15, -0.1) is 0 Å². The Morgan fingerprint density at radius 3 is 1.26 bits per heavy atom. The number of rotatable bonds is 37. The van der Waals surface area contributed by atoms with E-state index in [1.807, 2.05) is 48.5 Å². The highest BCUT2D eigenvalue weighted by atomic mass is 16.6. The Morgan fingerprint density at radius 1 is 0.544 bits per heavy atom. The van der Waals surface area contributed by atoms with Crippen LogP contribution in [0.15, 0.2) is 48.5 Å². The van der Waals surface area contributed by atoms with Gasteiger partial charge in [0.2, 0.25) is 0 Å². The number of aliphatic hydroxyl groups is 2. The highest BCUT2D eigenvalue weighted by Gasteiger charge is 2.30. The van der Waals surface area contributed by atoms with Gasteiger partial charge in [-0.3, -0.25) is 4.79 Å². The lowest BCUT2D eigenvalue weighted by Crippen LogP contribution is -2.47. The maximum Gasteiger partial charge on any atom is 0.407 e. The predicted molar refractivity (Wildman–Crippen MR) is 206 cm³/mol. The zero-order valence-electron chi connectivity index (χ0n) is 32.8. The molecule has 1 aliphatic rings. The third-order valence-corrected chi connectivity index (χ3v) is 8.38. The molecule has 0 spiro atoms. The molecule has 0 bridgehead atoms. The summed E-state index contributed by atoms with van der Waals surface area (Å²) in [5.74, 6) is -1.34. The minimum Gasteiger partial charge on any atom is -0.481 e. The zero-order chi connectivity index (χ0) is 40.6. The fraction of sp³-hybridized carbons (Fsp3) is 0.650. The van der Waals surface area contributed by atoms with Crippen molar-refractivity contribution in [3.8, 4) is 11.1 Å². The van der Waals surface area contributed by atoms with Crippen LogP contribution in [-0.2, 0) is 56.9 Å². The number of nitrogens with one attached hydrogen (secondary N) is 1. The molecule has 0 radical (unpaired) electrons. The molecule has 322 valence electrons. The molecule has 57 heavy (non-hydrogen) atoms. The molecule has 0 fully saturated rings. The highest BCUT2D eigenvalue weighted by Crippen LogP contribution is 2.44. The average Bonchev–Trinajstić information content (AvgIpc) is 3.53. The second-order valence-electron chi connectivity index (χ2n) is 12.6. The molecule has 1 aliphatic carbocycles. The smallest absolute Gasteiger partial charge is 0.407 e. The van der Waals surface area contributed by atoms with E-state index in [1.54, 1.807) is 0 Å². The van der Waals surface area contributed by atoms with E-state index >= 15 is 0 Å². The van der Waals surface area contributed by atoms with Crippen molar-refractivity contribution in [3.63, 3.8) is 0 Å². The first-order valence-corrected chi connectivity index (χ1v) is 19.4. The number of hydrogen-bond donors (Lipinski definition) is 4. The van der Waals surface area contributed by atoms with Gasteiger partial charge in [-0.2, -0.15) is 0 Å². The molecule has 3 rings (SSSR count). The van der Waals surface area contributed by atoms with E-state index in [-0.39, 0.29) is 39.0 Å². The van der Waals surface area contributed by atoms with Crippen LogP contribution in [0, 0.1) is 0 Å². The van der Waals surface area contributed by atoms with Crippen LogP contribution in [0.1, 0.15) is 23.5 Å². The molecule has 0 heterocycles. The molecule has 0 aliphatic heterocycles. The molecule has 0 aromatic heterocycles. The van der Waals surface area contributed by atoms with Gasteiger partial charge >= 0.3 is 12.1 Å². The minimum atomic E-state index is -1.28. The molecule has 0 saturated heterocycles. The van der Waals surface area contributed by atoms with Gasteiger partial charge in [-0.05, 0) is 22.3 Å². The quantitative estimate of drug-likeness (QED) is 0.0719. The molecule has 2 unspecified atom stereocenters. The van der Waals surface area contributed by atoms with Crippen LogP contribution < -0.4 is 5.32 Å². The number of carboxylic acids is 1. The molecule has 17 heteroatoms. The third kappa shape index (κ3) is 21.3. The Labute approximate surface area is 334 Å². The first-order chi connectivity index (χ1) is 28.0. The molecule has 2 atom stereocenters. The van der Waals surface area contributed by atoms with Crippen molar-refractivity contribution >= 4 is 12.1 Å². The van der Waals surface area contributed by atoms with Gasteiger partial charge in [0.05, 0.1) is 157 Å². The van der Waals surface area contributed by atoms with Crippen LogP contribution >= 0.6 is 0 Å². The van der Waals surface area contributed by atoms with E-state index in [1.165, 1.54) is 0 Å². The zero-order valence-corrected chi connectivity index (χ0v) is 32.8. The van der Waals surface area contributed by atoms with Crippen LogP contribution in [0.5, 0.6) is 0 Å². The highest BCUT2D eigenvalue weighted by molar-refractivity contribution is 5.79. The maximum absolute atomic E-state index is 12.7. The summed E-state index contributed by atoms with van der Waals surface area (Å²) in [5.41, 5.74) is 4.29. The number of fused-ring (bicyclic) bond motifs is 3. The number of carboxylic acid groups (broad SMARTS) is 1. The van der Waals surface area contributed by atoms with Gasteiger partial charge in [0.1, 0.15) is 6.61 Å². The number of amides is 1. The molecule has 1 amide bonds. The van der Waals surface area contributed by atoms with Crippen LogP contribution in [0.25, 0.3) is 11.1 Å². The first-order valence-electron chi connectivity index (χ1n) is 19.4.